The lowest BCUT2D eigenvalue weighted by atomic mass is 10.2. The van der Waals surface area contributed by atoms with Crippen molar-refractivity contribution < 1.29 is 14.7 Å². The topological polar surface area (TPSA) is 75.4 Å². The number of carbonyl (C=O) groups is 2. The van der Waals surface area contributed by atoms with Gasteiger partial charge in [-0.05, 0) is 13.3 Å². The molecule has 0 saturated heterocycles. The highest BCUT2D eigenvalue weighted by Crippen LogP contribution is 2.27. The molecule has 0 radical (unpaired) electrons. The number of rotatable bonds is 1. The van der Waals surface area contributed by atoms with Crippen LogP contribution in [0, 0.1) is 6.92 Å². The molecule has 0 spiro atoms. The Bertz CT molecular complexity index is 464. The quantitative estimate of drug-likeness (QED) is 0.758. The van der Waals surface area contributed by atoms with Crippen LogP contribution in [0.25, 0.3) is 0 Å². The molecule has 0 saturated carbocycles. The van der Waals surface area contributed by atoms with E-state index in [1.807, 2.05) is 0 Å². The Balaban J connectivity index is 2.60. The number of hydrogen-bond donors (Lipinski definition) is 1. The van der Waals surface area contributed by atoms with Gasteiger partial charge in [0, 0.05) is 20.0 Å². The van der Waals surface area contributed by atoms with Gasteiger partial charge in [0.25, 0.3) is 0 Å². The number of fused-ring (bicyclic) bond motifs is 1. The molecule has 0 atom stereocenters. The molecule has 2 heterocycles. The van der Waals surface area contributed by atoms with Gasteiger partial charge in [0.05, 0.1) is 0 Å². The monoisotopic (exact) mass is 223 g/mol. The Morgan fingerprint density at radius 3 is 2.62 bits per heavy atom. The van der Waals surface area contributed by atoms with Crippen LogP contribution in [-0.4, -0.2) is 33.1 Å². The second-order valence-electron chi connectivity index (χ2n) is 3.81. The second kappa shape index (κ2) is 3.62. The van der Waals surface area contributed by atoms with Crippen LogP contribution in [-0.2, 0) is 11.3 Å². The fourth-order valence-corrected chi connectivity index (χ4v) is 2.04. The highest BCUT2D eigenvalue weighted by Gasteiger charge is 2.29. The molecule has 0 aromatic carbocycles. The summed E-state index contributed by atoms with van der Waals surface area (Å²) >= 11 is 0. The third-order valence-electron chi connectivity index (χ3n) is 2.73. The van der Waals surface area contributed by atoms with Crippen molar-refractivity contribution in [3.05, 3.63) is 11.5 Å². The average Bonchev–Trinajstić information content (AvgIpc) is 2.56. The number of imidazole rings is 1. The van der Waals surface area contributed by atoms with Crippen LogP contribution in [0.5, 0.6) is 0 Å². The number of anilines is 1. The lowest BCUT2D eigenvalue weighted by Crippen LogP contribution is -2.36. The molecule has 1 amide bonds. The first-order chi connectivity index (χ1) is 7.52. The van der Waals surface area contributed by atoms with Crippen LogP contribution >= 0.6 is 0 Å². The van der Waals surface area contributed by atoms with Gasteiger partial charge in [-0.15, -0.1) is 0 Å². The van der Waals surface area contributed by atoms with Crippen molar-refractivity contribution in [2.75, 3.05) is 11.4 Å². The fraction of sp³-hybridized carbons (Fsp3) is 0.500. The van der Waals surface area contributed by atoms with Crippen molar-refractivity contribution in [1.29, 1.82) is 0 Å². The van der Waals surface area contributed by atoms with Crippen LogP contribution in [0.4, 0.5) is 5.82 Å². The SMILES string of the molecule is CC(=O)N1CCCn2c(C)nc(C(=O)O)c21. The number of aromatic nitrogens is 2. The van der Waals surface area contributed by atoms with Gasteiger partial charge in [-0.25, -0.2) is 9.78 Å². The first kappa shape index (κ1) is 10.7. The van der Waals surface area contributed by atoms with Gasteiger partial charge in [-0.1, -0.05) is 0 Å². The molecular weight excluding hydrogens is 210 g/mol. The summed E-state index contributed by atoms with van der Waals surface area (Å²) in [5, 5.41) is 9.04. The Labute approximate surface area is 92.5 Å². The number of carboxylic acids is 1. The molecule has 0 unspecified atom stereocenters. The summed E-state index contributed by atoms with van der Waals surface area (Å²) in [7, 11) is 0. The zero-order chi connectivity index (χ0) is 11.9. The smallest absolute Gasteiger partial charge is 0.358 e. The zero-order valence-electron chi connectivity index (χ0n) is 9.23. The molecule has 1 N–H and O–H groups in total. The van der Waals surface area contributed by atoms with Crippen LogP contribution in [0.1, 0.15) is 29.7 Å². The van der Waals surface area contributed by atoms with Crippen molar-refractivity contribution in [2.24, 2.45) is 0 Å². The molecule has 6 nitrogen and oxygen atoms in total. The molecule has 86 valence electrons. The Kier molecular flexibility index (Phi) is 2.41. The number of carboxylic acid groups (broad SMARTS) is 1. The van der Waals surface area contributed by atoms with Crippen molar-refractivity contribution >= 4 is 17.7 Å². The molecule has 1 aromatic rings. The zero-order valence-corrected chi connectivity index (χ0v) is 9.23. The average molecular weight is 223 g/mol. The molecule has 16 heavy (non-hydrogen) atoms. The standard InChI is InChI=1S/C10H13N3O3/c1-6-11-8(10(15)16)9-12(6)4-3-5-13(9)7(2)14/h3-5H2,1-2H3,(H,15,16). The lowest BCUT2D eigenvalue weighted by molar-refractivity contribution is -0.116. The molecular formula is C10H13N3O3. The fourth-order valence-electron chi connectivity index (χ4n) is 2.04. The number of aromatic carboxylic acids is 1. The molecule has 0 fully saturated rings. The molecule has 0 aliphatic carbocycles. The van der Waals surface area contributed by atoms with Gasteiger partial charge in [0.1, 0.15) is 5.82 Å². The Morgan fingerprint density at radius 1 is 1.38 bits per heavy atom. The summed E-state index contributed by atoms with van der Waals surface area (Å²) in [6, 6.07) is 0. The van der Waals surface area contributed by atoms with Gasteiger partial charge in [-0.3, -0.25) is 9.69 Å². The predicted molar refractivity (Wildman–Crippen MR) is 56.6 cm³/mol. The van der Waals surface area contributed by atoms with Crippen LogP contribution in [0.15, 0.2) is 0 Å². The van der Waals surface area contributed by atoms with E-state index in [1.165, 1.54) is 11.8 Å². The third-order valence-corrected chi connectivity index (χ3v) is 2.73. The van der Waals surface area contributed by atoms with E-state index in [0.717, 1.165) is 6.42 Å². The summed E-state index contributed by atoms with van der Waals surface area (Å²) < 4.78 is 1.79. The number of aryl methyl sites for hydroxylation is 1. The molecule has 1 aromatic heterocycles. The van der Waals surface area contributed by atoms with Crippen molar-refractivity contribution in [3.63, 3.8) is 0 Å². The molecule has 6 heteroatoms. The Hall–Kier alpha value is -1.85. The maximum atomic E-state index is 11.4. The third kappa shape index (κ3) is 1.46. The van der Waals surface area contributed by atoms with E-state index in [0.29, 0.717) is 24.7 Å². The van der Waals surface area contributed by atoms with Gasteiger partial charge in [0.2, 0.25) is 5.91 Å². The molecule has 1 aliphatic rings. The largest absolute Gasteiger partial charge is 0.476 e. The van der Waals surface area contributed by atoms with Gasteiger partial charge in [-0.2, -0.15) is 0 Å². The van der Waals surface area contributed by atoms with E-state index in [-0.39, 0.29) is 11.6 Å². The van der Waals surface area contributed by atoms with Gasteiger partial charge in [0.15, 0.2) is 11.5 Å². The highest BCUT2D eigenvalue weighted by atomic mass is 16.4. The Morgan fingerprint density at radius 2 is 2.06 bits per heavy atom. The van der Waals surface area contributed by atoms with Gasteiger partial charge >= 0.3 is 5.97 Å². The minimum Gasteiger partial charge on any atom is -0.476 e. The van der Waals surface area contributed by atoms with E-state index in [4.69, 9.17) is 5.11 Å². The second-order valence-corrected chi connectivity index (χ2v) is 3.81. The summed E-state index contributed by atoms with van der Waals surface area (Å²) in [6.45, 7) is 4.45. The number of carbonyl (C=O) groups excluding carboxylic acids is 1. The molecule has 0 bridgehead atoms. The van der Waals surface area contributed by atoms with E-state index in [1.54, 1.807) is 11.5 Å². The maximum absolute atomic E-state index is 11.4. The van der Waals surface area contributed by atoms with E-state index >= 15 is 0 Å². The van der Waals surface area contributed by atoms with Crippen molar-refractivity contribution in [1.82, 2.24) is 9.55 Å². The van der Waals surface area contributed by atoms with Gasteiger partial charge < -0.3 is 9.67 Å². The first-order valence-electron chi connectivity index (χ1n) is 5.11. The van der Waals surface area contributed by atoms with Crippen LogP contribution < -0.4 is 4.90 Å². The van der Waals surface area contributed by atoms with E-state index in [2.05, 4.69) is 4.98 Å². The first-order valence-corrected chi connectivity index (χ1v) is 5.11. The summed E-state index contributed by atoms with van der Waals surface area (Å²) in [5.74, 6) is -0.185. The number of nitrogens with zero attached hydrogens (tertiary/aromatic N) is 3. The number of amides is 1. The molecule has 2 rings (SSSR count). The van der Waals surface area contributed by atoms with Crippen LogP contribution in [0.3, 0.4) is 0 Å². The normalized spacial score (nSPS) is 14.8. The highest BCUT2D eigenvalue weighted by molar-refractivity contribution is 5.99. The molecule has 1 aliphatic heterocycles. The van der Waals surface area contributed by atoms with Crippen molar-refractivity contribution in [2.45, 2.75) is 26.8 Å². The lowest BCUT2D eigenvalue weighted by Gasteiger charge is -2.28. The van der Waals surface area contributed by atoms with Crippen LogP contribution in [0.2, 0.25) is 0 Å². The van der Waals surface area contributed by atoms with E-state index < -0.39 is 5.97 Å². The minimum absolute atomic E-state index is 0.0348. The summed E-state index contributed by atoms with van der Waals surface area (Å²) in [4.78, 5) is 28.0. The summed E-state index contributed by atoms with van der Waals surface area (Å²) in [6.07, 6.45) is 0.822. The van der Waals surface area contributed by atoms with Crippen molar-refractivity contribution in [3.8, 4) is 0 Å². The number of hydrogen-bond acceptors (Lipinski definition) is 3. The predicted octanol–water partition coefficient (Wildman–Crippen LogP) is 0.646. The van der Waals surface area contributed by atoms with E-state index in [9.17, 15) is 9.59 Å². The summed E-state index contributed by atoms with van der Waals surface area (Å²) in [5.41, 5.74) is -0.0348. The minimum atomic E-state index is -1.09. The maximum Gasteiger partial charge on any atom is 0.358 e.